The SMILES string of the molecule is Cc1cccc(C)c1-c1ccc2c(C(c3[c-]c(-c4ncc(C(C)(C)C)cn4)ccc3)c3cc(C(C)(C)C)cc(C(C)(C)C)c3)[n-]c(-c3ccccc3O)c2c1.[Au]. The number of aryl methyl sites for hydroxylation is 2. The maximum atomic E-state index is 11.3. The van der Waals surface area contributed by atoms with Crippen molar-refractivity contribution in [3.05, 3.63) is 160 Å². The Kier molecular flexibility index (Phi) is 11.2. The molecule has 291 valence electrons. The van der Waals surface area contributed by atoms with Gasteiger partial charge >= 0.3 is 0 Å². The van der Waals surface area contributed by atoms with E-state index in [4.69, 9.17) is 15.0 Å². The first-order valence-corrected chi connectivity index (χ1v) is 19.4. The molecule has 2 aromatic heterocycles. The molecule has 0 saturated heterocycles. The molecule has 1 N–H and O–H groups in total. The predicted molar refractivity (Wildman–Crippen MR) is 229 cm³/mol. The molecule has 5 heteroatoms. The summed E-state index contributed by atoms with van der Waals surface area (Å²) in [5, 5.41) is 13.3. The van der Waals surface area contributed by atoms with Gasteiger partial charge in [0, 0.05) is 40.3 Å². The minimum absolute atomic E-state index is 0. The minimum atomic E-state index is -0.287. The van der Waals surface area contributed by atoms with Gasteiger partial charge in [0.2, 0.25) is 0 Å². The molecule has 1 unspecified atom stereocenters. The molecule has 4 nitrogen and oxygen atoms in total. The fraction of sp³-hybridized carbons (Fsp3) is 0.294. The second-order valence-electron chi connectivity index (χ2n) is 18.2. The van der Waals surface area contributed by atoms with Crippen molar-refractivity contribution in [1.29, 1.82) is 0 Å². The van der Waals surface area contributed by atoms with Crippen molar-refractivity contribution < 1.29 is 27.5 Å². The summed E-state index contributed by atoms with van der Waals surface area (Å²) < 4.78 is 0. The fourth-order valence-corrected chi connectivity index (χ4v) is 7.54. The van der Waals surface area contributed by atoms with Crippen LogP contribution in [0.3, 0.4) is 0 Å². The third kappa shape index (κ3) is 8.07. The standard InChI is InChI=1S/C51H53N3O.Au/c1-31-16-14-17-32(2)44(31)34-22-23-40-42(27-34)46(41-20-12-13-21-43(41)55)54-47(40)45(36-25-37(49(3,4)5)28-38(26-36)50(6,7)8)33-18-15-19-35(24-33)48-52-29-39(30-53-48)51(9,10)11;/h12-23,25-30,45,55H,1-11H3;/q-2;. The van der Waals surface area contributed by atoms with Crippen molar-refractivity contribution in [2.75, 3.05) is 0 Å². The van der Waals surface area contributed by atoms with Crippen molar-refractivity contribution in [3.63, 3.8) is 0 Å². The summed E-state index contributed by atoms with van der Waals surface area (Å²) in [4.78, 5) is 15.2. The zero-order chi connectivity index (χ0) is 39.4. The van der Waals surface area contributed by atoms with Crippen LogP contribution in [-0.4, -0.2) is 15.1 Å². The van der Waals surface area contributed by atoms with E-state index in [-0.39, 0.29) is 50.3 Å². The maximum Gasteiger partial charge on any atom is 0.121 e. The van der Waals surface area contributed by atoms with Crippen LogP contribution in [0.25, 0.3) is 44.5 Å². The van der Waals surface area contributed by atoms with Crippen molar-refractivity contribution in [2.24, 2.45) is 0 Å². The predicted octanol–water partition coefficient (Wildman–Crippen LogP) is 12.8. The minimum Gasteiger partial charge on any atom is -0.659 e. The molecule has 0 fully saturated rings. The van der Waals surface area contributed by atoms with E-state index < -0.39 is 0 Å². The topological polar surface area (TPSA) is 60.1 Å². The van der Waals surface area contributed by atoms with Crippen LogP contribution >= 0.6 is 0 Å². The van der Waals surface area contributed by atoms with Gasteiger partial charge in [0.25, 0.3) is 0 Å². The van der Waals surface area contributed by atoms with Crippen LogP contribution in [0.4, 0.5) is 0 Å². The number of hydrogen-bond acceptors (Lipinski definition) is 3. The molecular weight excluding hydrogens is 868 g/mol. The van der Waals surface area contributed by atoms with Gasteiger partial charge in [-0.25, -0.2) is 0 Å². The third-order valence-corrected chi connectivity index (χ3v) is 10.9. The van der Waals surface area contributed by atoms with Crippen molar-refractivity contribution in [3.8, 4) is 39.5 Å². The molecule has 0 aliphatic heterocycles. The average Bonchev–Trinajstić information content (AvgIpc) is 3.49. The van der Waals surface area contributed by atoms with E-state index in [2.05, 4.69) is 149 Å². The molecular formula is C51H53AuN3O-2. The number of aromatic nitrogens is 3. The maximum absolute atomic E-state index is 11.3. The first-order chi connectivity index (χ1) is 25.9. The Morgan fingerprint density at radius 3 is 1.80 bits per heavy atom. The summed E-state index contributed by atoms with van der Waals surface area (Å²) in [7, 11) is 0. The van der Waals surface area contributed by atoms with Crippen molar-refractivity contribution >= 4 is 10.8 Å². The van der Waals surface area contributed by atoms with Crippen LogP contribution < -0.4 is 4.98 Å². The Balaban J connectivity index is 0.00000532. The van der Waals surface area contributed by atoms with E-state index in [1.807, 2.05) is 36.7 Å². The number of phenolic OH excluding ortho intramolecular Hbond substituents is 1. The summed E-state index contributed by atoms with van der Waals surface area (Å²) in [6.45, 7) is 24.5. The largest absolute Gasteiger partial charge is 0.659 e. The van der Waals surface area contributed by atoms with E-state index in [1.54, 1.807) is 6.07 Å². The van der Waals surface area contributed by atoms with Crippen LogP contribution in [-0.2, 0) is 38.6 Å². The number of phenols is 1. The van der Waals surface area contributed by atoms with Gasteiger partial charge in [0.15, 0.2) is 0 Å². The normalized spacial score (nSPS) is 12.8. The van der Waals surface area contributed by atoms with Gasteiger partial charge in [0.1, 0.15) is 5.75 Å². The third-order valence-electron chi connectivity index (χ3n) is 10.9. The van der Waals surface area contributed by atoms with Crippen molar-refractivity contribution in [2.45, 2.75) is 98.3 Å². The van der Waals surface area contributed by atoms with Crippen LogP contribution in [0.1, 0.15) is 113 Å². The molecule has 0 aliphatic rings. The molecule has 5 aromatic carbocycles. The zero-order valence-electron chi connectivity index (χ0n) is 34.6. The van der Waals surface area contributed by atoms with Crippen molar-refractivity contribution in [1.82, 2.24) is 15.0 Å². The van der Waals surface area contributed by atoms with Gasteiger partial charge in [-0.2, -0.15) is 0 Å². The molecule has 1 atom stereocenters. The number of para-hydroxylation sites is 1. The molecule has 2 heterocycles. The number of hydrogen-bond donors (Lipinski definition) is 1. The summed E-state index contributed by atoms with van der Waals surface area (Å²) in [6.07, 6.45) is 3.86. The Morgan fingerprint density at radius 1 is 0.625 bits per heavy atom. The van der Waals surface area contributed by atoms with E-state index in [9.17, 15) is 5.11 Å². The molecule has 0 saturated carbocycles. The number of rotatable bonds is 6. The van der Waals surface area contributed by atoms with Crippen LogP contribution in [0.15, 0.2) is 109 Å². The molecule has 0 spiro atoms. The number of benzene rings is 5. The molecule has 0 bridgehead atoms. The second-order valence-corrected chi connectivity index (χ2v) is 18.2. The van der Waals surface area contributed by atoms with Crippen LogP contribution in [0.5, 0.6) is 5.75 Å². The number of nitrogens with zero attached hydrogens (tertiary/aromatic N) is 3. The van der Waals surface area contributed by atoms with Gasteiger partial charge in [-0.05, 0) is 103 Å². The molecule has 56 heavy (non-hydrogen) atoms. The second kappa shape index (κ2) is 15.3. The van der Waals surface area contributed by atoms with Gasteiger partial charge < -0.3 is 10.1 Å². The van der Waals surface area contributed by atoms with E-state index in [1.165, 1.54) is 27.8 Å². The molecule has 7 rings (SSSR count). The monoisotopic (exact) mass is 920 g/mol. The smallest absolute Gasteiger partial charge is 0.121 e. The van der Waals surface area contributed by atoms with E-state index in [0.717, 1.165) is 50.0 Å². The van der Waals surface area contributed by atoms with E-state index in [0.29, 0.717) is 11.4 Å². The first-order valence-electron chi connectivity index (χ1n) is 19.4. The molecule has 0 amide bonds. The van der Waals surface area contributed by atoms with Gasteiger partial charge in [-0.3, -0.25) is 9.97 Å². The Bertz CT molecular complexity index is 2470. The van der Waals surface area contributed by atoms with Gasteiger partial charge in [-0.15, -0.1) is 46.8 Å². The Hall–Kier alpha value is -4.74. The summed E-state index contributed by atoms with van der Waals surface area (Å²) >= 11 is 0. The molecule has 1 radical (unpaired) electrons. The summed E-state index contributed by atoms with van der Waals surface area (Å²) in [5.41, 5.74) is 13.6. The van der Waals surface area contributed by atoms with Gasteiger partial charge in [0.05, 0.1) is 5.82 Å². The van der Waals surface area contributed by atoms with Crippen LogP contribution in [0, 0.1) is 19.9 Å². The Morgan fingerprint density at radius 2 is 1.21 bits per heavy atom. The molecule has 0 aliphatic carbocycles. The van der Waals surface area contributed by atoms with Gasteiger partial charge in [-0.1, -0.05) is 129 Å². The first kappa shape index (κ1) is 40.9. The quantitative estimate of drug-likeness (QED) is 0.133. The fourth-order valence-electron chi connectivity index (χ4n) is 7.54. The number of aromatic hydroxyl groups is 1. The zero-order valence-corrected chi connectivity index (χ0v) is 36.7. The average molecular weight is 921 g/mol. The molecule has 7 aromatic rings. The van der Waals surface area contributed by atoms with E-state index >= 15 is 0 Å². The summed E-state index contributed by atoms with van der Waals surface area (Å²) in [5.74, 6) is 0.558. The van der Waals surface area contributed by atoms with Crippen LogP contribution in [0.2, 0.25) is 0 Å². The summed E-state index contributed by atoms with van der Waals surface area (Å²) in [6, 6.07) is 37.9. The Labute approximate surface area is 349 Å². The number of fused-ring (bicyclic) bond motifs is 1.